The highest BCUT2D eigenvalue weighted by Crippen LogP contribution is 2.48. The molecule has 2 fully saturated rings. The summed E-state index contributed by atoms with van der Waals surface area (Å²) in [4.78, 5) is 28.4. The highest BCUT2D eigenvalue weighted by atomic mass is 16.3. The summed E-state index contributed by atoms with van der Waals surface area (Å²) in [7, 11) is 0. The van der Waals surface area contributed by atoms with Gasteiger partial charge in [-0.15, -0.1) is 0 Å². The second kappa shape index (κ2) is 7.61. The lowest BCUT2D eigenvalue weighted by molar-refractivity contribution is -0.141. The quantitative estimate of drug-likeness (QED) is 0.773. The molecule has 7 nitrogen and oxygen atoms in total. The average Bonchev–Trinajstić information content (AvgIpc) is 3.28. The minimum atomic E-state index is -0.149. The lowest BCUT2D eigenvalue weighted by atomic mass is 10.1. The van der Waals surface area contributed by atoms with E-state index < -0.39 is 0 Å². The van der Waals surface area contributed by atoms with Gasteiger partial charge in [-0.25, -0.2) is 0 Å². The number of rotatable bonds is 6. The predicted molar refractivity (Wildman–Crippen MR) is 97.4 cm³/mol. The van der Waals surface area contributed by atoms with E-state index in [1.165, 1.54) is 6.08 Å². The van der Waals surface area contributed by atoms with Crippen LogP contribution >= 0.6 is 0 Å². The smallest absolute Gasteiger partial charge is 0.246 e. The van der Waals surface area contributed by atoms with Crippen LogP contribution < -0.4 is 0 Å². The first-order valence-electron chi connectivity index (χ1n) is 9.33. The van der Waals surface area contributed by atoms with Crippen molar-refractivity contribution in [2.75, 3.05) is 26.2 Å². The van der Waals surface area contributed by atoms with E-state index in [2.05, 4.69) is 25.5 Å². The normalized spacial score (nSPS) is 25.5. The Bertz CT molecular complexity index is 684. The van der Waals surface area contributed by atoms with E-state index in [-0.39, 0.29) is 36.3 Å². The molecule has 26 heavy (non-hydrogen) atoms. The Morgan fingerprint density at radius 3 is 2.81 bits per heavy atom. The third-order valence-corrected chi connectivity index (χ3v) is 5.40. The largest absolute Gasteiger partial charge is 0.396 e. The predicted octanol–water partition coefficient (Wildman–Crippen LogP) is 1.18. The molecule has 0 radical (unpaired) electrons. The van der Waals surface area contributed by atoms with Gasteiger partial charge < -0.3 is 14.9 Å². The average molecular weight is 360 g/mol. The second-order valence-electron chi connectivity index (χ2n) is 7.48. The van der Waals surface area contributed by atoms with E-state index in [0.717, 1.165) is 12.0 Å². The molecular weight excluding hydrogens is 332 g/mol. The molecule has 2 heterocycles. The van der Waals surface area contributed by atoms with Crippen molar-refractivity contribution in [2.45, 2.75) is 44.7 Å². The molecule has 0 aromatic carbocycles. The molecule has 7 heteroatoms. The first-order valence-corrected chi connectivity index (χ1v) is 9.33. The van der Waals surface area contributed by atoms with E-state index in [1.54, 1.807) is 4.90 Å². The maximum atomic E-state index is 12.9. The Kier molecular flexibility index (Phi) is 5.46. The van der Waals surface area contributed by atoms with Gasteiger partial charge in [-0.1, -0.05) is 6.58 Å². The minimum Gasteiger partial charge on any atom is -0.396 e. The molecule has 3 atom stereocenters. The van der Waals surface area contributed by atoms with Crippen molar-refractivity contribution >= 4 is 11.8 Å². The summed E-state index contributed by atoms with van der Waals surface area (Å²) >= 11 is 0. The monoisotopic (exact) mass is 360 g/mol. The molecule has 0 bridgehead atoms. The summed E-state index contributed by atoms with van der Waals surface area (Å²) < 4.78 is 1.92. The highest BCUT2D eigenvalue weighted by Gasteiger charge is 2.47. The van der Waals surface area contributed by atoms with Crippen LogP contribution in [0, 0.1) is 5.92 Å². The SMILES string of the molecule is C=CC(=O)N1CCN(C(=O)C2CC2c2cnn(C(C)C)c2)CC1CCO. The minimum absolute atomic E-state index is 0.00589. The molecule has 3 rings (SSSR count). The van der Waals surface area contributed by atoms with Crippen molar-refractivity contribution in [1.82, 2.24) is 19.6 Å². The number of carbonyl (C=O) groups excluding carboxylic acids is 2. The van der Waals surface area contributed by atoms with Gasteiger partial charge in [-0.2, -0.15) is 5.10 Å². The van der Waals surface area contributed by atoms with Gasteiger partial charge in [0.15, 0.2) is 0 Å². The number of aromatic nitrogens is 2. The Labute approximate surface area is 154 Å². The van der Waals surface area contributed by atoms with Crippen LogP contribution in [0.1, 0.15) is 44.2 Å². The maximum Gasteiger partial charge on any atom is 0.246 e. The van der Waals surface area contributed by atoms with Crippen LogP contribution in [0.4, 0.5) is 0 Å². The van der Waals surface area contributed by atoms with Crippen LogP contribution in [0.3, 0.4) is 0 Å². The first-order chi connectivity index (χ1) is 12.5. The lowest BCUT2D eigenvalue weighted by Gasteiger charge is -2.41. The molecule has 1 saturated carbocycles. The number of carbonyl (C=O) groups is 2. The van der Waals surface area contributed by atoms with Crippen LogP contribution in [-0.2, 0) is 9.59 Å². The zero-order valence-corrected chi connectivity index (χ0v) is 15.5. The molecule has 2 aliphatic rings. The first kappa shape index (κ1) is 18.6. The molecular formula is C19H28N4O3. The standard InChI is InChI=1S/C19H28N4O3/c1-4-18(25)22-7-6-21(12-15(22)5-8-24)19(26)17-9-16(17)14-10-20-23(11-14)13(2)3/h4,10-11,13,15-17,24H,1,5-9,12H2,2-3H3. The van der Waals surface area contributed by atoms with Crippen LogP contribution in [0.5, 0.6) is 0 Å². The number of amides is 2. The van der Waals surface area contributed by atoms with Crippen molar-refractivity contribution in [3.63, 3.8) is 0 Å². The van der Waals surface area contributed by atoms with E-state index in [0.29, 0.717) is 32.1 Å². The van der Waals surface area contributed by atoms with Crippen molar-refractivity contribution in [3.05, 3.63) is 30.6 Å². The number of piperazine rings is 1. The Morgan fingerprint density at radius 2 is 2.19 bits per heavy atom. The van der Waals surface area contributed by atoms with Crippen LogP contribution in [0.2, 0.25) is 0 Å². The van der Waals surface area contributed by atoms with Gasteiger partial charge in [-0.3, -0.25) is 14.3 Å². The summed E-state index contributed by atoms with van der Waals surface area (Å²) in [5.41, 5.74) is 1.13. The summed E-state index contributed by atoms with van der Waals surface area (Å²) in [6.45, 7) is 9.20. The van der Waals surface area contributed by atoms with Gasteiger partial charge in [0.25, 0.3) is 0 Å². The zero-order chi connectivity index (χ0) is 18.8. The van der Waals surface area contributed by atoms with Crippen molar-refractivity contribution in [1.29, 1.82) is 0 Å². The van der Waals surface area contributed by atoms with Gasteiger partial charge in [-0.05, 0) is 44.2 Å². The number of hydrogen-bond donors (Lipinski definition) is 1. The number of aliphatic hydroxyl groups excluding tert-OH is 1. The van der Waals surface area contributed by atoms with Gasteiger partial charge in [0.2, 0.25) is 11.8 Å². The lowest BCUT2D eigenvalue weighted by Crippen LogP contribution is -2.56. The second-order valence-corrected chi connectivity index (χ2v) is 7.48. The topological polar surface area (TPSA) is 78.7 Å². The van der Waals surface area contributed by atoms with Crippen LogP contribution in [0.25, 0.3) is 0 Å². The molecule has 1 N–H and O–H groups in total. The summed E-state index contributed by atoms with van der Waals surface area (Å²) in [5, 5.41) is 13.7. The number of aliphatic hydroxyl groups is 1. The third kappa shape index (κ3) is 3.67. The number of nitrogens with zero attached hydrogens (tertiary/aromatic N) is 4. The molecule has 1 aliphatic carbocycles. The van der Waals surface area contributed by atoms with E-state index in [9.17, 15) is 14.7 Å². The highest BCUT2D eigenvalue weighted by molar-refractivity contribution is 5.88. The van der Waals surface area contributed by atoms with E-state index >= 15 is 0 Å². The Hall–Kier alpha value is -2.15. The summed E-state index contributed by atoms with van der Waals surface area (Å²) in [6, 6.07) is 0.162. The van der Waals surface area contributed by atoms with E-state index in [4.69, 9.17) is 0 Å². The molecule has 1 aliphatic heterocycles. The fourth-order valence-corrected chi connectivity index (χ4v) is 3.76. The summed E-state index contributed by atoms with van der Waals surface area (Å²) in [5.74, 6) is 0.275. The molecule has 2 amide bonds. The zero-order valence-electron chi connectivity index (χ0n) is 15.5. The molecule has 1 aromatic rings. The molecule has 142 valence electrons. The van der Waals surface area contributed by atoms with Gasteiger partial charge in [0, 0.05) is 44.4 Å². The van der Waals surface area contributed by atoms with Gasteiger partial charge in [0.05, 0.1) is 12.2 Å². The van der Waals surface area contributed by atoms with Crippen molar-refractivity contribution in [3.8, 4) is 0 Å². The Morgan fingerprint density at radius 1 is 1.42 bits per heavy atom. The van der Waals surface area contributed by atoms with Crippen molar-refractivity contribution < 1.29 is 14.7 Å². The molecule has 1 saturated heterocycles. The Balaban J connectivity index is 1.62. The van der Waals surface area contributed by atoms with Gasteiger partial charge >= 0.3 is 0 Å². The third-order valence-electron chi connectivity index (χ3n) is 5.40. The van der Waals surface area contributed by atoms with Crippen LogP contribution in [0.15, 0.2) is 25.0 Å². The van der Waals surface area contributed by atoms with Crippen LogP contribution in [-0.4, -0.2) is 68.8 Å². The van der Waals surface area contributed by atoms with Crippen molar-refractivity contribution in [2.24, 2.45) is 5.92 Å². The maximum absolute atomic E-state index is 12.9. The summed E-state index contributed by atoms with van der Waals surface area (Å²) in [6.07, 6.45) is 6.54. The fraction of sp³-hybridized carbons (Fsp3) is 0.632. The molecule has 3 unspecified atom stereocenters. The fourth-order valence-electron chi connectivity index (χ4n) is 3.76. The molecule has 1 aromatic heterocycles. The number of hydrogen-bond acceptors (Lipinski definition) is 4. The van der Waals surface area contributed by atoms with E-state index in [1.807, 2.05) is 22.0 Å². The molecule has 0 spiro atoms. The van der Waals surface area contributed by atoms with Gasteiger partial charge in [0.1, 0.15) is 0 Å².